The van der Waals surface area contributed by atoms with E-state index in [-0.39, 0.29) is 17.0 Å². The van der Waals surface area contributed by atoms with Crippen LogP contribution < -0.4 is 5.56 Å². The molecule has 2 aromatic carbocycles. The fourth-order valence-corrected chi connectivity index (χ4v) is 3.61. The molecule has 4 rings (SSSR count). The maximum atomic E-state index is 13.6. The summed E-state index contributed by atoms with van der Waals surface area (Å²) >= 11 is 0. The second-order valence-corrected chi connectivity index (χ2v) is 7.87. The lowest BCUT2D eigenvalue weighted by atomic mass is 10.0. The smallest absolute Gasteiger partial charge is 0.416 e. The highest BCUT2D eigenvalue weighted by Crippen LogP contribution is 2.34. The Bertz CT molecular complexity index is 1360. The van der Waals surface area contributed by atoms with Gasteiger partial charge in [0.15, 0.2) is 11.7 Å². The van der Waals surface area contributed by atoms with Gasteiger partial charge < -0.3 is 9.15 Å². The Morgan fingerprint density at radius 1 is 1.09 bits per heavy atom. The molecule has 0 atom stereocenters. The number of alkyl halides is 3. The maximum absolute atomic E-state index is 13.6. The average Bonchev–Trinajstić information content (AvgIpc) is 3.27. The van der Waals surface area contributed by atoms with E-state index in [1.807, 2.05) is 32.0 Å². The summed E-state index contributed by atoms with van der Waals surface area (Å²) < 4.78 is 53.3. The number of hydrogen-bond acceptors (Lipinski definition) is 4. The first-order valence-corrected chi connectivity index (χ1v) is 10.8. The minimum atomic E-state index is -4.59. The number of nitrogens with zero attached hydrogens (tertiary/aromatic N) is 2. The summed E-state index contributed by atoms with van der Waals surface area (Å²) in [5, 5.41) is 0. The summed E-state index contributed by atoms with van der Waals surface area (Å²) in [5.74, 6) is 0.567. The Kier molecular flexibility index (Phi) is 6.70. The number of rotatable bonds is 7. The fourth-order valence-electron chi connectivity index (χ4n) is 3.61. The van der Waals surface area contributed by atoms with Crippen LogP contribution in [0.5, 0.6) is 0 Å². The molecule has 0 spiro atoms. The van der Waals surface area contributed by atoms with Crippen LogP contribution in [0.15, 0.2) is 76.2 Å². The van der Waals surface area contributed by atoms with Crippen molar-refractivity contribution >= 4 is 0 Å². The Labute approximate surface area is 194 Å². The summed E-state index contributed by atoms with van der Waals surface area (Å²) in [6.45, 7) is 5.00. The molecule has 5 nitrogen and oxygen atoms in total. The van der Waals surface area contributed by atoms with Gasteiger partial charge in [0.1, 0.15) is 0 Å². The van der Waals surface area contributed by atoms with Crippen molar-refractivity contribution in [3.8, 4) is 17.0 Å². The zero-order chi connectivity index (χ0) is 24.3. The molecule has 0 saturated heterocycles. The van der Waals surface area contributed by atoms with Crippen LogP contribution in [-0.2, 0) is 23.9 Å². The molecule has 0 saturated carbocycles. The number of pyridine rings is 1. The Hall–Kier alpha value is -3.65. The van der Waals surface area contributed by atoms with Crippen LogP contribution >= 0.6 is 0 Å². The van der Waals surface area contributed by atoms with Gasteiger partial charge in [0, 0.05) is 36.5 Å². The van der Waals surface area contributed by atoms with Crippen molar-refractivity contribution in [1.29, 1.82) is 0 Å². The van der Waals surface area contributed by atoms with Crippen LogP contribution in [0.1, 0.15) is 35.1 Å². The molecule has 0 N–H and O–H groups in total. The van der Waals surface area contributed by atoms with Crippen LogP contribution in [0.2, 0.25) is 0 Å². The van der Waals surface area contributed by atoms with Gasteiger partial charge in [-0.05, 0) is 54.8 Å². The summed E-state index contributed by atoms with van der Waals surface area (Å²) in [5.41, 5.74) is 2.01. The van der Waals surface area contributed by atoms with Crippen LogP contribution in [0.25, 0.3) is 17.0 Å². The van der Waals surface area contributed by atoms with E-state index < -0.39 is 17.3 Å². The fraction of sp³-hybridized carbons (Fsp3) is 0.231. The van der Waals surface area contributed by atoms with Crippen LogP contribution in [0, 0.1) is 6.92 Å². The van der Waals surface area contributed by atoms with E-state index in [1.54, 1.807) is 6.07 Å². The number of oxazole rings is 1. The quantitative estimate of drug-likeness (QED) is 0.337. The predicted molar refractivity (Wildman–Crippen MR) is 122 cm³/mol. The number of hydrogen-bond donors (Lipinski definition) is 0. The molecule has 2 heterocycles. The van der Waals surface area contributed by atoms with Gasteiger partial charge in [-0.1, -0.05) is 24.3 Å². The second-order valence-electron chi connectivity index (χ2n) is 7.87. The van der Waals surface area contributed by atoms with Crippen molar-refractivity contribution in [2.75, 3.05) is 6.61 Å². The van der Waals surface area contributed by atoms with E-state index in [1.165, 1.54) is 30.6 Å². The van der Waals surface area contributed by atoms with Gasteiger partial charge in [0.2, 0.25) is 0 Å². The average molecular weight is 468 g/mol. The van der Waals surface area contributed by atoms with Crippen molar-refractivity contribution in [2.24, 2.45) is 0 Å². The van der Waals surface area contributed by atoms with E-state index in [2.05, 4.69) is 4.98 Å². The molecule has 0 aliphatic carbocycles. The molecule has 0 fully saturated rings. The van der Waals surface area contributed by atoms with Crippen molar-refractivity contribution < 1.29 is 22.3 Å². The lowest BCUT2D eigenvalue weighted by Gasteiger charge is -2.12. The number of benzene rings is 2. The third-order valence-electron chi connectivity index (χ3n) is 5.41. The van der Waals surface area contributed by atoms with Crippen molar-refractivity contribution in [3.63, 3.8) is 0 Å². The first kappa shape index (κ1) is 23.5. The molecule has 2 aromatic heterocycles. The molecule has 176 valence electrons. The largest absolute Gasteiger partial charge is 0.440 e. The van der Waals surface area contributed by atoms with Gasteiger partial charge in [-0.15, -0.1) is 0 Å². The first-order chi connectivity index (χ1) is 16.2. The van der Waals surface area contributed by atoms with E-state index in [0.29, 0.717) is 25.5 Å². The minimum Gasteiger partial charge on any atom is -0.440 e. The van der Waals surface area contributed by atoms with Crippen LogP contribution in [0.4, 0.5) is 13.2 Å². The van der Waals surface area contributed by atoms with Gasteiger partial charge >= 0.3 is 6.18 Å². The van der Waals surface area contributed by atoms with E-state index in [4.69, 9.17) is 9.15 Å². The number of aromatic nitrogens is 2. The lowest BCUT2D eigenvalue weighted by molar-refractivity contribution is -0.137. The summed E-state index contributed by atoms with van der Waals surface area (Å²) in [7, 11) is 0. The van der Waals surface area contributed by atoms with Crippen LogP contribution in [0.3, 0.4) is 0 Å². The Morgan fingerprint density at radius 2 is 1.91 bits per heavy atom. The monoisotopic (exact) mass is 468 g/mol. The zero-order valence-corrected chi connectivity index (χ0v) is 18.7. The highest BCUT2D eigenvalue weighted by molar-refractivity contribution is 5.62. The summed E-state index contributed by atoms with van der Waals surface area (Å²) in [4.78, 5) is 16.5. The van der Waals surface area contributed by atoms with Crippen molar-refractivity contribution in [3.05, 3.63) is 105 Å². The summed E-state index contributed by atoms with van der Waals surface area (Å²) in [6.07, 6.45) is -1.38. The van der Waals surface area contributed by atoms with Gasteiger partial charge in [0.05, 0.1) is 18.4 Å². The van der Waals surface area contributed by atoms with E-state index >= 15 is 0 Å². The molecule has 0 amide bonds. The molecule has 0 radical (unpaired) electrons. The number of ether oxygens (including phenoxy) is 1. The topological polar surface area (TPSA) is 57.3 Å². The highest BCUT2D eigenvalue weighted by Gasteiger charge is 2.32. The van der Waals surface area contributed by atoms with E-state index in [0.717, 1.165) is 33.4 Å². The van der Waals surface area contributed by atoms with Crippen molar-refractivity contribution in [2.45, 2.75) is 33.1 Å². The predicted octanol–water partition coefficient (Wildman–Crippen LogP) is 5.95. The maximum Gasteiger partial charge on any atom is 0.416 e. The molecule has 0 bridgehead atoms. The van der Waals surface area contributed by atoms with E-state index in [9.17, 15) is 18.0 Å². The molecule has 34 heavy (non-hydrogen) atoms. The molecular weight excluding hydrogens is 445 g/mol. The van der Waals surface area contributed by atoms with Crippen molar-refractivity contribution in [1.82, 2.24) is 9.55 Å². The Morgan fingerprint density at radius 3 is 2.65 bits per heavy atom. The minimum absolute atomic E-state index is 0.0906. The van der Waals surface area contributed by atoms with Gasteiger partial charge in [0.25, 0.3) is 5.56 Å². The third kappa shape index (κ3) is 5.28. The van der Waals surface area contributed by atoms with Gasteiger partial charge in [-0.3, -0.25) is 9.36 Å². The van der Waals surface area contributed by atoms with Crippen LogP contribution in [-0.4, -0.2) is 16.2 Å². The SMILES string of the molecule is CCOCc1ccc(C)c(Cc2ncc(-c3cc(-n4ccccc4=O)cc(C(F)(F)F)c3)o2)c1. The summed E-state index contributed by atoms with van der Waals surface area (Å²) in [6, 6.07) is 13.8. The van der Waals surface area contributed by atoms with Gasteiger partial charge in [-0.2, -0.15) is 13.2 Å². The van der Waals surface area contributed by atoms with Gasteiger partial charge in [-0.25, -0.2) is 4.98 Å². The lowest BCUT2D eigenvalue weighted by Crippen LogP contribution is -2.16. The third-order valence-corrected chi connectivity index (χ3v) is 5.41. The molecular formula is C26H23F3N2O3. The second kappa shape index (κ2) is 9.69. The first-order valence-electron chi connectivity index (χ1n) is 10.8. The normalized spacial score (nSPS) is 11.7. The molecule has 0 aliphatic heterocycles. The standard InChI is InChI=1S/C26H23F3N2O3/c1-3-33-16-18-8-7-17(2)19(10-18)13-24-30-15-23(34-24)20-11-21(26(27,28)29)14-22(12-20)31-9-5-4-6-25(31)32/h4-12,14-15H,3,13,16H2,1-2H3. The zero-order valence-electron chi connectivity index (χ0n) is 18.7. The molecule has 0 aliphatic rings. The molecule has 0 unspecified atom stereocenters. The molecule has 8 heteroatoms. The molecule has 4 aromatic rings. The number of halogens is 3. The highest BCUT2D eigenvalue weighted by atomic mass is 19.4. The Balaban J connectivity index is 1.69. The number of aryl methyl sites for hydroxylation is 1.